The van der Waals surface area contributed by atoms with Crippen molar-refractivity contribution in [3.05, 3.63) is 12.1 Å². The van der Waals surface area contributed by atoms with Gasteiger partial charge in [-0.1, -0.05) is 0 Å². The molecule has 0 radical (unpaired) electrons. The van der Waals surface area contributed by atoms with Crippen molar-refractivity contribution in [1.29, 1.82) is 0 Å². The molecule has 0 bridgehead atoms. The molecule has 0 saturated heterocycles. The van der Waals surface area contributed by atoms with Gasteiger partial charge in [0.25, 0.3) is 0 Å². The summed E-state index contributed by atoms with van der Waals surface area (Å²) in [5.74, 6) is 1.26. The molecule has 5 heteroatoms. The van der Waals surface area contributed by atoms with Gasteiger partial charge in [-0.3, -0.25) is 0 Å². The smallest absolute Gasteiger partial charge is 0.215 e. The Balaban J connectivity index is 2.30. The van der Waals surface area contributed by atoms with E-state index in [0.29, 0.717) is 17.4 Å². The Morgan fingerprint density at radius 3 is 2.76 bits per heavy atom. The van der Waals surface area contributed by atoms with E-state index in [4.69, 9.17) is 15.2 Å². The zero-order valence-electron chi connectivity index (χ0n) is 10.5. The average Bonchev–Trinajstić information content (AvgIpc) is 2.35. The highest BCUT2D eigenvalue weighted by atomic mass is 16.5. The first-order valence-electron chi connectivity index (χ1n) is 5.81. The Labute approximate surface area is 102 Å². The first-order chi connectivity index (χ1) is 8.27. The van der Waals surface area contributed by atoms with Crippen molar-refractivity contribution in [2.24, 2.45) is 0 Å². The van der Waals surface area contributed by atoms with Crippen LogP contribution in [0.4, 0.5) is 11.5 Å². The summed E-state index contributed by atoms with van der Waals surface area (Å²) in [4.78, 5) is 4.24. The van der Waals surface area contributed by atoms with E-state index in [1.807, 2.05) is 0 Å². The van der Waals surface area contributed by atoms with Crippen LogP contribution in [0, 0.1) is 0 Å². The van der Waals surface area contributed by atoms with Crippen molar-refractivity contribution in [1.82, 2.24) is 4.98 Å². The maximum absolute atomic E-state index is 5.81. The lowest BCUT2D eigenvalue weighted by Crippen LogP contribution is -2.07. The summed E-state index contributed by atoms with van der Waals surface area (Å²) in [5.41, 5.74) is 6.45. The number of hydrogen-bond acceptors (Lipinski definition) is 5. The van der Waals surface area contributed by atoms with Gasteiger partial charge in [-0.25, -0.2) is 0 Å². The number of nitrogens with zero attached hydrogens (tertiary/aromatic N) is 1. The molecule has 0 aliphatic heterocycles. The second-order valence-electron chi connectivity index (χ2n) is 3.77. The molecular weight excluding hydrogens is 218 g/mol. The van der Waals surface area contributed by atoms with Gasteiger partial charge in [0.15, 0.2) is 5.82 Å². The standard InChI is InChI=1S/C12H21N3O2/c1-16-9-5-3-4-8-14-12-10(13)6-7-11(15-12)17-2/h6-7H,3-5,8-9,13H2,1-2H3,(H,14,15). The Morgan fingerprint density at radius 1 is 1.24 bits per heavy atom. The molecule has 1 rings (SSSR count). The minimum atomic E-state index is 0.570. The maximum Gasteiger partial charge on any atom is 0.215 e. The first-order valence-corrected chi connectivity index (χ1v) is 5.81. The number of unbranched alkanes of at least 4 members (excludes halogenated alkanes) is 2. The minimum absolute atomic E-state index is 0.570. The zero-order valence-corrected chi connectivity index (χ0v) is 10.5. The number of rotatable bonds is 8. The van der Waals surface area contributed by atoms with E-state index in [-0.39, 0.29) is 0 Å². The van der Waals surface area contributed by atoms with Crippen LogP contribution in [0.1, 0.15) is 19.3 Å². The summed E-state index contributed by atoms with van der Waals surface area (Å²) >= 11 is 0. The predicted octanol–water partition coefficient (Wildman–Crippen LogP) is 1.90. The van der Waals surface area contributed by atoms with Crippen molar-refractivity contribution in [2.75, 3.05) is 38.4 Å². The normalized spacial score (nSPS) is 10.2. The molecule has 3 N–H and O–H groups in total. The summed E-state index contributed by atoms with van der Waals surface area (Å²) in [6.07, 6.45) is 3.28. The van der Waals surface area contributed by atoms with Crippen molar-refractivity contribution >= 4 is 11.5 Å². The van der Waals surface area contributed by atoms with Crippen LogP contribution in [0.25, 0.3) is 0 Å². The van der Waals surface area contributed by atoms with Crippen LogP contribution in [0.2, 0.25) is 0 Å². The highest BCUT2D eigenvalue weighted by Gasteiger charge is 2.02. The number of nitrogens with one attached hydrogen (secondary N) is 1. The van der Waals surface area contributed by atoms with E-state index in [1.165, 1.54) is 0 Å². The zero-order chi connectivity index (χ0) is 12.5. The molecule has 96 valence electrons. The highest BCUT2D eigenvalue weighted by molar-refractivity contribution is 5.61. The Hall–Kier alpha value is -1.49. The number of hydrogen-bond donors (Lipinski definition) is 2. The molecule has 0 aromatic carbocycles. The third kappa shape index (κ3) is 4.91. The molecule has 0 atom stereocenters. The highest BCUT2D eigenvalue weighted by Crippen LogP contribution is 2.19. The van der Waals surface area contributed by atoms with E-state index in [1.54, 1.807) is 26.4 Å². The second kappa shape index (κ2) is 7.73. The molecule has 0 amide bonds. The molecule has 0 spiro atoms. The summed E-state index contributed by atoms with van der Waals surface area (Å²) in [7, 11) is 3.31. The van der Waals surface area contributed by atoms with Crippen LogP contribution in [0.3, 0.4) is 0 Å². The van der Waals surface area contributed by atoms with Crippen LogP contribution in [-0.2, 0) is 4.74 Å². The van der Waals surface area contributed by atoms with Gasteiger partial charge in [-0.05, 0) is 25.3 Å². The number of nitrogen functional groups attached to an aromatic ring is 1. The molecule has 0 unspecified atom stereocenters. The fourth-order valence-corrected chi connectivity index (χ4v) is 1.46. The summed E-state index contributed by atoms with van der Waals surface area (Å²) in [6, 6.07) is 3.54. The monoisotopic (exact) mass is 239 g/mol. The van der Waals surface area contributed by atoms with Crippen molar-refractivity contribution in [3.63, 3.8) is 0 Å². The molecule has 0 aliphatic rings. The number of anilines is 2. The molecular formula is C12H21N3O2. The summed E-state index contributed by atoms with van der Waals surface area (Å²) in [5, 5.41) is 3.21. The van der Waals surface area contributed by atoms with Crippen LogP contribution in [-0.4, -0.2) is 32.4 Å². The largest absolute Gasteiger partial charge is 0.481 e. The number of nitrogens with two attached hydrogens (primary N) is 1. The van der Waals surface area contributed by atoms with Gasteiger partial charge < -0.3 is 20.5 Å². The van der Waals surface area contributed by atoms with Crippen LogP contribution >= 0.6 is 0 Å². The van der Waals surface area contributed by atoms with Gasteiger partial charge in [0.1, 0.15) is 0 Å². The number of aromatic nitrogens is 1. The third-order valence-electron chi connectivity index (χ3n) is 2.43. The number of pyridine rings is 1. The van der Waals surface area contributed by atoms with E-state index < -0.39 is 0 Å². The minimum Gasteiger partial charge on any atom is -0.481 e. The van der Waals surface area contributed by atoms with Gasteiger partial charge in [0.2, 0.25) is 5.88 Å². The average molecular weight is 239 g/mol. The van der Waals surface area contributed by atoms with Gasteiger partial charge in [-0.2, -0.15) is 4.98 Å². The quantitative estimate of drug-likeness (QED) is 0.678. The fraction of sp³-hybridized carbons (Fsp3) is 0.583. The van der Waals surface area contributed by atoms with Gasteiger partial charge in [0, 0.05) is 26.3 Å². The third-order valence-corrected chi connectivity index (χ3v) is 2.43. The lowest BCUT2D eigenvalue weighted by Gasteiger charge is -2.09. The van der Waals surface area contributed by atoms with Gasteiger partial charge in [0.05, 0.1) is 12.8 Å². The van der Waals surface area contributed by atoms with Crippen LogP contribution < -0.4 is 15.8 Å². The summed E-state index contributed by atoms with van der Waals surface area (Å²) < 4.78 is 10.0. The van der Waals surface area contributed by atoms with Gasteiger partial charge in [-0.15, -0.1) is 0 Å². The van der Waals surface area contributed by atoms with Crippen LogP contribution in [0.15, 0.2) is 12.1 Å². The molecule has 1 aromatic rings. The number of methoxy groups -OCH3 is 2. The van der Waals surface area contributed by atoms with E-state index >= 15 is 0 Å². The fourth-order valence-electron chi connectivity index (χ4n) is 1.46. The van der Waals surface area contributed by atoms with E-state index in [0.717, 1.165) is 32.4 Å². The van der Waals surface area contributed by atoms with E-state index in [2.05, 4.69) is 10.3 Å². The Bertz CT molecular complexity index is 332. The molecule has 0 fully saturated rings. The Morgan fingerprint density at radius 2 is 2.06 bits per heavy atom. The number of ether oxygens (including phenoxy) is 2. The topological polar surface area (TPSA) is 69.4 Å². The summed E-state index contributed by atoms with van der Waals surface area (Å²) in [6.45, 7) is 1.67. The Kier molecular flexibility index (Phi) is 6.17. The first kappa shape index (κ1) is 13.6. The SMILES string of the molecule is COCCCCCNc1nc(OC)ccc1N. The lowest BCUT2D eigenvalue weighted by atomic mass is 10.2. The molecule has 0 aliphatic carbocycles. The lowest BCUT2D eigenvalue weighted by molar-refractivity contribution is 0.192. The van der Waals surface area contributed by atoms with E-state index in [9.17, 15) is 0 Å². The molecule has 17 heavy (non-hydrogen) atoms. The molecule has 0 saturated carbocycles. The maximum atomic E-state index is 5.81. The molecule has 1 heterocycles. The van der Waals surface area contributed by atoms with Crippen molar-refractivity contribution in [2.45, 2.75) is 19.3 Å². The van der Waals surface area contributed by atoms with Crippen molar-refractivity contribution in [3.8, 4) is 5.88 Å². The molecule has 1 aromatic heterocycles. The molecule has 5 nitrogen and oxygen atoms in total. The van der Waals surface area contributed by atoms with Gasteiger partial charge >= 0.3 is 0 Å². The second-order valence-corrected chi connectivity index (χ2v) is 3.77. The van der Waals surface area contributed by atoms with Crippen LogP contribution in [0.5, 0.6) is 5.88 Å². The van der Waals surface area contributed by atoms with Crippen molar-refractivity contribution < 1.29 is 9.47 Å². The predicted molar refractivity (Wildman–Crippen MR) is 69.4 cm³/mol.